The van der Waals surface area contributed by atoms with E-state index < -0.39 is 0 Å². The molecule has 1 heterocycles. The molecule has 0 bridgehead atoms. The molecule has 24 heavy (non-hydrogen) atoms. The van der Waals surface area contributed by atoms with Gasteiger partial charge in [-0.2, -0.15) is 0 Å². The highest BCUT2D eigenvalue weighted by molar-refractivity contribution is 5.94. The molecular formula is C18H25ClN2O3. The van der Waals surface area contributed by atoms with Crippen molar-refractivity contribution in [3.8, 4) is 0 Å². The second-order valence-corrected chi connectivity index (χ2v) is 5.87. The molecule has 1 aromatic heterocycles. The van der Waals surface area contributed by atoms with Gasteiger partial charge < -0.3 is 20.2 Å². The van der Waals surface area contributed by atoms with Gasteiger partial charge in [-0.15, -0.1) is 12.4 Å². The number of carbonyl (C=O) groups excluding carboxylic acids is 1. The topological polar surface area (TPSA) is 77.5 Å². The van der Waals surface area contributed by atoms with Gasteiger partial charge in [0.1, 0.15) is 11.8 Å². The summed E-state index contributed by atoms with van der Waals surface area (Å²) in [5, 5.41) is 2.96. The van der Waals surface area contributed by atoms with E-state index in [1.165, 1.54) is 0 Å². The Bertz CT molecular complexity index is 597. The number of furan rings is 1. The van der Waals surface area contributed by atoms with Crippen LogP contribution in [-0.4, -0.2) is 19.1 Å². The van der Waals surface area contributed by atoms with E-state index in [9.17, 15) is 4.79 Å². The molecule has 6 heteroatoms. The maximum absolute atomic E-state index is 12.4. The van der Waals surface area contributed by atoms with E-state index in [4.69, 9.17) is 14.9 Å². The summed E-state index contributed by atoms with van der Waals surface area (Å²) in [7, 11) is 0. The summed E-state index contributed by atoms with van der Waals surface area (Å²) < 4.78 is 11.1. The van der Waals surface area contributed by atoms with Gasteiger partial charge in [-0.3, -0.25) is 4.79 Å². The molecule has 0 saturated heterocycles. The largest absolute Gasteiger partial charge is 0.467 e. The van der Waals surface area contributed by atoms with Crippen LogP contribution in [-0.2, 0) is 11.3 Å². The van der Waals surface area contributed by atoms with Gasteiger partial charge in [-0.25, -0.2) is 0 Å². The van der Waals surface area contributed by atoms with E-state index in [-0.39, 0.29) is 24.4 Å². The molecule has 0 aliphatic carbocycles. The molecule has 0 radical (unpaired) electrons. The highest BCUT2D eigenvalue weighted by Gasteiger charge is 2.18. The number of benzene rings is 1. The summed E-state index contributed by atoms with van der Waals surface area (Å²) in [6.45, 7) is 5.63. The summed E-state index contributed by atoms with van der Waals surface area (Å²) >= 11 is 0. The van der Waals surface area contributed by atoms with Crippen LogP contribution >= 0.6 is 12.4 Å². The molecule has 1 atom stereocenters. The number of nitrogens with two attached hydrogens (primary N) is 1. The highest BCUT2D eigenvalue weighted by Crippen LogP contribution is 2.16. The van der Waals surface area contributed by atoms with Crippen molar-refractivity contribution in [1.82, 2.24) is 5.32 Å². The van der Waals surface area contributed by atoms with Crippen LogP contribution < -0.4 is 11.1 Å². The van der Waals surface area contributed by atoms with Crippen molar-refractivity contribution in [2.75, 3.05) is 13.2 Å². The number of ether oxygens (including phenoxy) is 1. The second kappa shape index (κ2) is 10.1. The first-order chi connectivity index (χ1) is 11.1. The van der Waals surface area contributed by atoms with Crippen LogP contribution in [0.5, 0.6) is 0 Å². The molecule has 1 amide bonds. The van der Waals surface area contributed by atoms with Gasteiger partial charge in [-0.05, 0) is 35.7 Å². The van der Waals surface area contributed by atoms with Crippen LogP contribution in [0, 0.1) is 5.92 Å². The minimum absolute atomic E-state index is 0. The molecule has 0 aliphatic heterocycles. The molecule has 0 saturated carbocycles. The number of rotatable bonds is 8. The van der Waals surface area contributed by atoms with E-state index in [0.717, 1.165) is 5.56 Å². The lowest BCUT2D eigenvalue weighted by Crippen LogP contribution is -2.31. The molecule has 1 unspecified atom stereocenters. The van der Waals surface area contributed by atoms with Gasteiger partial charge in [0.05, 0.1) is 12.9 Å². The molecule has 0 spiro atoms. The van der Waals surface area contributed by atoms with Crippen LogP contribution in [0.4, 0.5) is 0 Å². The summed E-state index contributed by atoms with van der Waals surface area (Å²) in [5.74, 6) is 0.954. The van der Waals surface area contributed by atoms with Crippen molar-refractivity contribution in [1.29, 1.82) is 0 Å². The lowest BCUT2D eigenvalue weighted by Gasteiger charge is -2.18. The smallest absolute Gasteiger partial charge is 0.251 e. The van der Waals surface area contributed by atoms with E-state index in [0.29, 0.717) is 37.0 Å². The summed E-state index contributed by atoms with van der Waals surface area (Å²) in [5.41, 5.74) is 7.15. The molecule has 2 aromatic rings. The monoisotopic (exact) mass is 352 g/mol. The van der Waals surface area contributed by atoms with E-state index in [2.05, 4.69) is 19.2 Å². The first-order valence-corrected chi connectivity index (χ1v) is 7.81. The Balaban J connectivity index is 0.00000288. The zero-order valence-electron chi connectivity index (χ0n) is 14.0. The van der Waals surface area contributed by atoms with Gasteiger partial charge in [0, 0.05) is 18.7 Å². The first-order valence-electron chi connectivity index (χ1n) is 7.81. The van der Waals surface area contributed by atoms with Gasteiger partial charge in [0.15, 0.2) is 0 Å². The van der Waals surface area contributed by atoms with Crippen LogP contribution in [0.2, 0.25) is 0 Å². The molecular weight excluding hydrogens is 328 g/mol. The van der Waals surface area contributed by atoms with Crippen molar-refractivity contribution in [2.24, 2.45) is 11.7 Å². The second-order valence-electron chi connectivity index (χ2n) is 5.87. The number of halogens is 1. The van der Waals surface area contributed by atoms with Gasteiger partial charge in [0.2, 0.25) is 0 Å². The fraction of sp³-hybridized carbons (Fsp3) is 0.389. The third-order valence-electron chi connectivity index (χ3n) is 3.38. The molecule has 132 valence electrons. The quantitative estimate of drug-likeness (QED) is 0.764. The van der Waals surface area contributed by atoms with Crippen molar-refractivity contribution in [3.05, 3.63) is 59.5 Å². The highest BCUT2D eigenvalue weighted by atomic mass is 35.5. The third-order valence-corrected chi connectivity index (χ3v) is 3.38. The van der Waals surface area contributed by atoms with Crippen LogP contribution in [0.3, 0.4) is 0 Å². The predicted molar refractivity (Wildman–Crippen MR) is 96.2 cm³/mol. The first kappa shape index (κ1) is 20.2. The predicted octanol–water partition coefficient (Wildman–Crippen LogP) is 3.30. The number of nitrogens with one attached hydrogen (secondary N) is 1. The van der Waals surface area contributed by atoms with Crippen molar-refractivity contribution < 1.29 is 13.9 Å². The summed E-state index contributed by atoms with van der Waals surface area (Å²) in [4.78, 5) is 12.4. The molecule has 5 nitrogen and oxygen atoms in total. The summed E-state index contributed by atoms with van der Waals surface area (Å²) in [6, 6.07) is 10.6. The van der Waals surface area contributed by atoms with E-state index in [1.807, 2.05) is 18.2 Å². The summed E-state index contributed by atoms with van der Waals surface area (Å²) in [6.07, 6.45) is 1.59. The van der Waals surface area contributed by atoms with Crippen molar-refractivity contribution >= 4 is 18.3 Å². The Morgan fingerprint density at radius 1 is 1.21 bits per heavy atom. The van der Waals surface area contributed by atoms with Gasteiger partial charge >= 0.3 is 0 Å². The fourth-order valence-electron chi connectivity index (χ4n) is 2.14. The Morgan fingerprint density at radius 2 is 1.92 bits per heavy atom. The number of amides is 1. The Morgan fingerprint density at radius 3 is 2.46 bits per heavy atom. The fourth-order valence-corrected chi connectivity index (χ4v) is 2.14. The Kier molecular flexibility index (Phi) is 8.54. The SMILES string of the molecule is CC(C)COCC(NC(=O)c1ccc(CN)cc1)c1ccco1.Cl. The Labute approximate surface area is 149 Å². The molecule has 0 aliphatic rings. The average molecular weight is 353 g/mol. The minimum atomic E-state index is -0.314. The van der Waals surface area contributed by atoms with Crippen molar-refractivity contribution in [3.63, 3.8) is 0 Å². The average Bonchev–Trinajstić information content (AvgIpc) is 3.08. The molecule has 1 aromatic carbocycles. The number of carbonyl (C=O) groups is 1. The zero-order valence-corrected chi connectivity index (χ0v) is 14.8. The number of hydrogen-bond acceptors (Lipinski definition) is 4. The molecule has 2 rings (SSSR count). The van der Waals surface area contributed by atoms with Crippen LogP contribution in [0.1, 0.15) is 41.6 Å². The lowest BCUT2D eigenvalue weighted by molar-refractivity contribution is 0.0730. The Hall–Kier alpha value is -1.82. The van der Waals surface area contributed by atoms with Gasteiger partial charge in [-0.1, -0.05) is 26.0 Å². The normalized spacial score (nSPS) is 11.8. The van der Waals surface area contributed by atoms with Crippen LogP contribution in [0.15, 0.2) is 47.1 Å². The van der Waals surface area contributed by atoms with Crippen LogP contribution in [0.25, 0.3) is 0 Å². The van der Waals surface area contributed by atoms with Gasteiger partial charge in [0.25, 0.3) is 5.91 Å². The van der Waals surface area contributed by atoms with E-state index in [1.54, 1.807) is 24.5 Å². The maximum Gasteiger partial charge on any atom is 0.251 e. The van der Waals surface area contributed by atoms with E-state index >= 15 is 0 Å². The molecule has 0 fully saturated rings. The number of hydrogen-bond donors (Lipinski definition) is 2. The zero-order chi connectivity index (χ0) is 16.7. The minimum Gasteiger partial charge on any atom is -0.467 e. The maximum atomic E-state index is 12.4. The third kappa shape index (κ3) is 6.00. The van der Waals surface area contributed by atoms with Crippen molar-refractivity contribution in [2.45, 2.75) is 26.4 Å². The lowest BCUT2D eigenvalue weighted by atomic mass is 10.1. The molecule has 3 N–H and O–H groups in total. The standard InChI is InChI=1S/C18H24N2O3.ClH/c1-13(2)11-22-12-16(17-4-3-9-23-17)20-18(21)15-7-5-14(10-19)6-8-15;/h3-9,13,16H,10-12,19H2,1-2H3,(H,20,21);1H.